The van der Waals surface area contributed by atoms with E-state index in [0.717, 1.165) is 22.4 Å². The lowest BCUT2D eigenvalue weighted by atomic mass is 9.99. The maximum absolute atomic E-state index is 11.2. The smallest absolute Gasteiger partial charge is 0.306 e. The van der Waals surface area contributed by atoms with E-state index in [2.05, 4.69) is 5.16 Å². The number of rotatable bonds is 10. The number of hydrogen-bond donors (Lipinski definition) is 1. The molecule has 0 aliphatic rings. The molecule has 5 heteroatoms. The number of carboxylic acids is 1. The van der Waals surface area contributed by atoms with Gasteiger partial charge in [-0.3, -0.25) is 4.79 Å². The summed E-state index contributed by atoms with van der Waals surface area (Å²) in [7, 11) is 0. The van der Waals surface area contributed by atoms with E-state index in [1.807, 2.05) is 84.9 Å². The summed E-state index contributed by atoms with van der Waals surface area (Å²) in [6.07, 6.45) is 0.297. The van der Waals surface area contributed by atoms with E-state index in [1.54, 1.807) is 6.92 Å². The third-order valence-corrected chi connectivity index (χ3v) is 4.61. The van der Waals surface area contributed by atoms with E-state index < -0.39 is 11.9 Å². The molecular weight excluding hydrogens is 378 g/mol. The summed E-state index contributed by atoms with van der Waals surface area (Å²) in [4.78, 5) is 16.8. The zero-order valence-corrected chi connectivity index (χ0v) is 16.9. The minimum atomic E-state index is -0.857. The minimum Gasteiger partial charge on any atom is -0.489 e. The zero-order chi connectivity index (χ0) is 21.2. The van der Waals surface area contributed by atoms with Gasteiger partial charge in [0.2, 0.25) is 0 Å². The standard InChI is InChI=1S/C25H25NO4/c1-19(25(27)28)16-24(22-10-6-3-7-11-22)26-30-18-21-12-14-23(15-13-21)29-17-20-8-4-2-5-9-20/h2-15,19H,16-18H2,1H3,(H,27,28). The maximum atomic E-state index is 11.2. The molecule has 0 aliphatic heterocycles. The number of nitrogens with zero attached hydrogens (tertiary/aromatic N) is 1. The van der Waals surface area contributed by atoms with Crippen molar-refractivity contribution in [2.45, 2.75) is 26.6 Å². The highest BCUT2D eigenvalue weighted by atomic mass is 16.6. The Bertz CT molecular complexity index is 953. The van der Waals surface area contributed by atoms with Gasteiger partial charge in [0.05, 0.1) is 11.6 Å². The number of aliphatic carboxylic acids is 1. The second-order valence-electron chi connectivity index (χ2n) is 7.04. The minimum absolute atomic E-state index is 0.288. The van der Waals surface area contributed by atoms with Crippen molar-refractivity contribution < 1.29 is 19.5 Å². The van der Waals surface area contributed by atoms with Gasteiger partial charge in [0, 0.05) is 6.42 Å². The molecule has 1 unspecified atom stereocenters. The molecule has 3 aromatic carbocycles. The van der Waals surface area contributed by atoms with Crippen LogP contribution in [0.2, 0.25) is 0 Å². The average Bonchev–Trinajstić information content (AvgIpc) is 2.79. The van der Waals surface area contributed by atoms with Gasteiger partial charge in [-0.05, 0) is 28.8 Å². The van der Waals surface area contributed by atoms with Crippen LogP contribution in [0.1, 0.15) is 30.0 Å². The van der Waals surface area contributed by atoms with Gasteiger partial charge in [-0.1, -0.05) is 84.9 Å². The first-order valence-electron chi connectivity index (χ1n) is 9.84. The first-order chi connectivity index (χ1) is 14.6. The largest absolute Gasteiger partial charge is 0.489 e. The van der Waals surface area contributed by atoms with Crippen LogP contribution in [-0.4, -0.2) is 16.8 Å². The highest BCUT2D eigenvalue weighted by Crippen LogP contribution is 2.16. The summed E-state index contributed by atoms with van der Waals surface area (Å²) < 4.78 is 5.79. The van der Waals surface area contributed by atoms with Crippen molar-refractivity contribution in [3.63, 3.8) is 0 Å². The van der Waals surface area contributed by atoms with Crippen LogP contribution in [0.3, 0.4) is 0 Å². The van der Waals surface area contributed by atoms with Crippen LogP contribution in [0.5, 0.6) is 5.75 Å². The molecule has 0 aromatic heterocycles. The Morgan fingerprint density at radius 1 is 0.867 bits per heavy atom. The molecule has 30 heavy (non-hydrogen) atoms. The Morgan fingerprint density at radius 2 is 1.47 bits per heavy atom. The molecule has 0 bridgehead atoms. The average molecular weight is 403 g/mol. The quantitative estimate of drug-likeness (QED) is 0.369. The first-order valence-corrected chi connectivity index (χ1v) is 9.84. The lowest BCUT2D eigenvalue weighted by Crippen LogP contribution is -2.15. The number of carbonyl (C=O) groups is 1. The molecule has 3 rings (SSSR count). The van der Waals surface area contributed by atoms with Crippen LogP contribution in [0.4, 0.5) is 0 Å². The van der Waals surface area contributed by atoms with Crippen molar-refractivity contribution in [1.82, 2.24) is 0 Å². The fourth-order valence-corrected chi connectivity index (χ4v) is 2.82. The second kappa shape index (κ2) is 10.8. The maximum Gasteiger partial charge on any atom is 0.306 e. The molecule has 3 aromatic rings. The molecule has 0 radical (unpaired) electrons. The van der Waals surface area contributed by atoms with Gasteiger partial charge in [0.25, 0.3) is 0 Å². The van der Waals surface area contributed by atoms with Gasteiger partial charge >= 0.3 is 5.97 Å². The zero-order valence-electron chi connectivity index (χ0n) is 16.9. The van der Waals surface area contributed by atoms with Gasteiger partial charge in [-0.25, -0.2) is 0 Å². The Morgan fingerprint density at radius 3 is 2.10 bits per heavy atom. The molecule has 0 saturated carbocycles. The normalized spacial score (nSPS) is 12.2. The summed E-state index contributed by atoms with van der Waals surface area (Å²) in [6, 6.07) is 27.1. The molecule has 1 N–H and O–H groups in total. The monoisotopic (exact) mass is 403 g/mol. The van der Waals surface area contributed by atoms with Crippen molar-refractivity contribution in [2.24, 2.45) is 11.1 Å². The molecule has 0 heterocycles. The Labute approximate surface area is 176 Å². The summed E-state index contributed by atoms with van der Waals surface area (Å²) in [5.41, 5.74) is 3.54. The van der Waals surface area contributed by atoms with Gasteiger partial charge in [-0.2, -0.15) is 0 Å². The predicted molar refractivity (Wildman–Crippen MR) is 116 cm³/mol. The van der Waals surface area contributed by atoms with Crippen LogP contribution in [0.15, 0.2) is 90.1 Å². The van der Waals surface area contributed by atoms with Gasteiger partial charge < -0.3 is 14.7 Å². The number of carboxylic acid groups (broad SMARTS) is 1. The Kier molecular flexibility index (Phi) is 7.61. The summed E-state index contributed by atoms with van der Waals surface area (Å²) in [5, 5.41) is 13.4. The van der Waals surface area contributed by atoms with E-state index in [-0.39, 0.29) is 6.61 Å². The summed E-state index contributed by atoms with van der Waals surface area (Å²) in [5.74, 6) is -0.621. The third-order valence-electron chi connectivity index (χ3n) is 4.61. The molecule has 0 aliphatic carbocycles. The topological polar surface area (TPSA) is 68.1 Å². The first kappa shape index (κ1) is 21.1. The van der Waals surface area contributed by atoms with E-state index in [4.69, 9.17) is 9.57 Å². The van der Waals surface area contributed by atoms with Crippen molar-refractivity contribution in [1.29, 1.82) is 0 Å². The van der Waals surface area contributed by atoms with Crippen molar-refractivity contribution in [2.75, 3.05) is 0 Å². The van der Waals surface area contributed by atoms with Crippen LogP contribution in [-0.2, 0) is 22.8 Å². The summed E-state index contributed by atoms with van der Waals surface area (Å²) >= 11 is 0. The molecule has 5 nitrogen and oxygen atoms in total. The number of oxime groups is 1. The number of ether oxygens (including phenoxy) is 1. The van der Waals surface area contributed by atoms with Crippen molar-refractivity contribution in [3.05, 3.63) is 102 Å². The van der Waals surface area contributed by atoms with Gasteiger partial charge in [-0.15, -0.1) is 0 Å². The highest BCUT2D eigenvalue weighted by molar-refractivity contribution is 6.01. The lowest BCUT2D eigenvalue weighted by Gasteiger charge is -2.10. The molecule has 0 fully saturated rings. The molecule has 1 atom stereocenters. The fraction of sp³-hybridized carbons (Fsp3) is 0.200. The van der Waals surface area contributed by atoms with E-state index >= 15 is 0 Å². The van der Waals surface area contributed by atoms with E-state index in [1.165, 1.54) is 0 Å². The lowest BCUT2D eigenvalue weighted by molar-refractivity contribution is -0.140. The van der Waals surface area contributed by atoms with Gasteiger partial charge in [0.15, 0.2) is 0 Å². The predicted octanol–water partition coefficient (Wildman–Crippen LogP) is 5.30. The number of hydrogen-bond acceptors (Lipinski definition) is 4. The Balaban J connectivity index is 1.58. The second-order valence-corrected chi connectivity index (χ2v) is 7.04. The highest BCUT2D eigenvalue weighted by Gasteiger charge is 2.16. The molecule has 154 valence electrons. The van der Waals surface area contributed by atoms with Crippen LogP contribution in [0, 0.1) is 5.92 Å². The number of benzene rings is 3. The van der Waals surface area contributed by atoms with E-state index in [9.17, 15) is 9.90 Å². The summed E-state index contributed by atoms with van der Waals surface area (Å²) in [6.45, 7) is 2.47. The van der Waals surface area contributed by atoms with Crippen LogP contribution >= 0.6 is 0 Å². The molecular formula is C25H25NO4. The van der Waals surface area contributed by atoms with Crippen LogP contribution < -0.4 is 4.74 Å². The van der Waals surface area contributed by atoms with Gasteiger partial charge in [0.1, 0.15) is 19.0 Å². The molecule has 0 spiro atoms. The molecule has 0 amide bonds. The fourth-order valence-electron chi connectivity index (χ4n) is 2.82. The Hall–Kier alpha value is -3.60. The SMILES string of the molecule is CC(CC(=NOCc1ccc(OCc2ccccc2)cc1)c1ccccc1)C(=O)O. The third kappa shape index (κ3) is 6.48. The van der Waals surface area contributed by atoms with E-state index in [0.29, 0.717) is 18.7 Å². The van der Waals surface area contributed by atoms with Crippen molar-refractivity contribution in [3.8, 4) is 5.75 Å². The van der Waals surface area contributed by atoms with Crippen LogP contribution in [0.25, 0.3) is 0 Å². The van der Waals surface area contributed by atoms with Crippen molar-refractivity contribution >= 4 is 11.7 Å². The molecule has 0 saturated heterocycles.